The normalized spacial score (nSPS) is 21.5. The highest BCUT2D eigenvalue weighted by atomic mass is 16.4. The molecule has 0 aromatic carbocycles. The minimum Gasteiger partial charge on any atom is -0.481 e. The van der Waals surface area contributed by atoms with Crippen LogP contribution in [0.15, 0.2) is 0 Å². The average molecular weight is 299 g/mol. The Hall–Kier alpha value is -1.79. The van der Waals surface area contributed by atoms with Gasteiger partial charge >= 0.3 is 12.0 Å². The Morgan fingerprint density at radius 3 is 2.14 bits per heavy atom. The van der Waals surface area contributed by atoms with Crippen molar-refractivity contribution < 1.29 is 19.5 Å². The monoisotopic (exact) mass is 299 g/mol. The number of hydrogen-bond acceptors (Lipinski definition) is 3. The second-order valence-electron chi connectivity index (χ2n) is 5.64. The van der Waals surface area contributed by atoms with Crippen LogP contribution in [0.3, 0.4) is 0 Å². The Bertz CT molecular complexity index is 390. The minimum atomic E-state index is -0.758. The van der Waals surface area contributed by atoms with Crippen LogP contribution in [-0.2, 0) is 9.59 Å². The van der Waals surface area contributed by atoms with E-state index >= 15 is 0 Å². The largest absolute Gasteiger partial charge is 0.481 e. The van der Waals surface area contributed by atoms with Gasteiger partial charge in [0.05, 0.1) is 5.92 Å². The maximum atomic E-state index is 12.1. The van der Waals surface area contributed by atoms with Gasteiger partial charge < -0.3 is 20.2 Å². The summed E-state index contributed by atoms with van der Waals surface area (Å²) in [5.74, 6) is -1.18. The summed E-state index contributed by atoms with van der Waals surface area (Å²) in [7, 11) is 3.31. The van der Waals surface area contributed by atoms with Crippen molar-refractivity contribution in [2.45, 2.75) is 38.6 Å². The molecule has 1 saturated carbocycles. The van der Waals surface area contributed by atoms with E-state index in [0.29, 0.717) is 32.2 Å². The first kappa shape index (κ1) is 17.3. The van der Waals surface area contributed by atoms with Gasteiger partial charge in [0.2, 0.25) is 5.91 Å². The molecular weight excluding hydrogens is 274 g/mol. The third-order valence-electron chi connectivity index (χ3n) is 3.90. The maximum absolute atomic E-state index is 12.1. The van der Waals surface area contributed by atoms with Crippen LogP contribution >= 0.6 is 0 Å². The van der Waals surface area contributed by atoms with Crippen molar-refractivity contribution >= 4 is 17.9 Å². The summed E-state index contributed by atoms with van der Waals surface area (Å²) < 4.78 is 0. The van der Waals surface area contributed by atoms with Gasteiger partial charge in [0.25, 0.3) is 0 Å². The van der Waals surface area contributed by atoms with E-state index in [1.807, 2.05) is 6.92 Å². The number of amides is 3. The number of nitrogens with one attached hydrogen (secondary N) is 1. The van der Waals surface area contributed by atoms with Crippen LogP contribution < -0.4 is 5.32 Å². The van der Waals surface area contributed by atoms with Crippen LogP contribution in [0.5, 0.6) is 0 Å². The fourth-order valence-electron chi connectivity index (χ4n) is 2.38. The van der Waals surface area contributed by atoms with E-state index in [4.69, 9.17) is 5.11 Å². The maximum Gasteiger partial charge on any atom is 0.318 e. The molecular formula is C14H25N3O4. The summed E-state index contributed by atoms with van der Waals surface area (Å²) in [6.45, 7) is 2.33. The molecule has 1 aliphatic carbocycles. The highest BCUT2D eigenvalue weighted by molar-refractivity contribution is 5.83. The van der Waals surface area contributed by atoms with Gasteiger partial charge in [-0.2, -0.15) is 0 Å². The van der Waals surface area contributed by atoms with Gasteiger partial charge in [-0.05, 0) is 32.6 Å². The number of urea groups is 1. The molecule has 2 N–H and O–H groups in total. The molecule has 3 amide bonds. The second-order valence-corrected chi connectivity index (χ2v) is 5.64. The van der Waals surface area contributed by atoms with Crippen molar-refractivity contribution in [2.75, 3.05) is 27.2 Å². The summed E-state index contributed by atoms with van der Waals surface area (Å²) >= 11 is 0. The van der Waals surface area contributed by atoms with Crippen molar-refractivity contribution in [1.82, 2.24) is 15.1 Å². The molecule has 1 aliphatic rings. The zero-order valence-corrected chi connectivity index (χ0v) is 13.0. The predicted octanol–water partition coefficient (Wildman–Crippen LogP) is 0.750. The zero-order valence-electron chi connectivity index (χ0n) is 13.0. The van der Waals surface area contributed by atoms with Crippen LogP contribution in [0, 0.1) is 5.92 Å². The SMILES string of the molecule is CCN(CC(=O)N(C)C)C(=O)NC1CCC(C(=O)O)CC1. The molecule has 0 aliphatic heterocycles. The standard InChI is InChI=1S/C14H25N3O4/c1-4-17(9-12(18)16(2)3)14(21)15-11-7-5-10(6-8-11)13(19)20/h10-11H,4-9H2,1-3H3,(H,15,21)(H,19,20). The number of likely N-dealkylation sites (N-methyl/N-ethyl adjacent to an activating group) is 2. The Balaban J connectivity index is 2.44. The Labute approximate surface area is 125 Å². The van der Waals surface area contributed by atoms with Crippen LogP contribution in [0.1, 0.15) is 32.6 Å². The van der Waals surface area contributed by atoms with Gasteiger partial charge in [0, 0.05) is 26.7 Å². The summed E-state index contributed by atoms with van der Waals surface area (Å²) in [4.78, 5) is 37.6. The number of aliphatic carboxylic acids is 1. The van der Waals surface area contributed by atoms with E-state index in [1.165, 1.54) is 9.80 Å². The molecule has 0 aromatic heterocycles. The van der Waals surface area contributed by atoms with Gasteiger partial charge in [0.1, 0.15) is 6.54 Å². The number of nitrogens with zero attached hydrogens (tertiary/aromatic N) is 2. The van der Waals surface area contributed by atoms with Crippen molar-refractivity contribution in [2.24, 2.45) is 5.92 Å². The predicted molar refractivity (Wildman–Crippen MR) is 77.9 cm³/mol. The smallest absolute Gasteiger partial charge is 0.318 e. The number of rotatable bonds is 5. The second kappa shape index (κ2) is 7.85. The molecule has 7 heteroatoms. The lowest BCUT2D eigenvalue weighted by Gasteiger charge is -2.30. The van der Waals surface area contributed by atoms with Crippen LogP contribution in [0.25, 0.3) is 0 Å². The van der Waals surface area contributed by atoms with E-state index in [2.05, 4.69) is 5.32 Å². The lowest BCUT2D eigenvalue weighted by molar-refractivity contribution is -0.142. The number of carbonyl (C=O) groups is 3. The average Bonchev–Trinajstić information content (AvgIpc) is 2.44. The first-order chi connectivity index (χ1) is 9.85. The highest BCUT2D eigenvalue weighted by Gasteiger charge is 2.28. The van der Waals surface area contributed by atoms with E-state index in [-0.39, 0.29) is 30.4 Å². The van der Waals surface area contributed by atoms with E-state index in [1.54, 1.807) is 14.1 Å². The molecule has 7 nitrogen and oxygen atoms in total. The molecule has 1 fully saturated rings. The van der Waals surface area contributed by atoms with Gasteiger partial charge in [-0.1, -0.05) is 0 Å². The zero-order chi connectivity index (χ0) is 16.0. The minimum absolute atomic E-state index is 0.00314. The summed E-state index contributed by atoms with van der Waals surface area (Å²) in [5.41, 5.74) is 0. The summed E-state index contributed by atoms with van der Waals surface area (Å²) in [6, 6.07) is -0.261. The Morgan fingerprint density at radius 1 is 1.14 bits per heavy atom. The molecule has 120 valence electrons. The molecule has 0 bridgehead atoms. The number of carboxylic acid groups (broad SMARTS) is 1. The van der Waals surface area contributed by atoms with Crippen LogP contribution in [-0.4, -0.2) is 66.0 Å². The fraction of sp³-hybridized carbons (Fsp3) is 0.786. The Morgan fingerprint density at radius 2 is 1.71 bits per heavy atom. The van der Waals surface area contributed by atoms with Crippen molar-refractivity contribution in [3.05, 3.63) is 0 Å². The molecule has 0 unspecified atom stereocenters. The van der Waals surface area contributed by atoms with Crippen LogP contribution in [0.2, 0.25) is 0 Å². The quantitative estimate of drug-likeness (QED) is 0.784. The van der Waals surface area contributed by atoms with E-state index in [9.17, 15) is 14.4 Å². The molecule has 0 radical (unpaired) electrons. The third kappa shape index (κ3) is 5.24. The molecule has 0 heterocycles. The van der Waals surface area contributed by atoms with E-state index in [0.717, 1.165) is 0 Å². The number of carbonyl (C=O) groups excluding carboxylic acids is 2. The number of carboxylic acids is 1. The third-order valence-corrected chi connectivity index (χ3v) is 3.90. The fourth-order valence-corrected chi connectivity index (χ4v) is 2.38. The van der Waals surface area contributed by atoms with E-state index < -0.39 is 5.97 Å². The first-order valence-electron chi connectivity index (χ1n) is 7.33. The first-order valence-corrected chi connectivity index (χ1v) is 7.33. The lowest BCUT2D eigenvalue weighted by Crippen LogP contribution is -2.49. The molecule has 0 saturated heterocycles. The topological polar surface area (TPSA) is 90.0 Å². The molecule has 0 aromatic rings. The van der Waals surface area contributed by atoms with Crippen LogP contribution in [0.4, 0.5) is 4.79 Å². The van der Waals surface area contributed by atoms with Gasteiger partial charge in [0.15, 0.2) is 0 Å². The van der Waals surface area contributed by atoms with Gasteiger partial charge in [-0.15, -0.1) is 0 Å². The lowest BCUT2D eigenvalue weighted by atomic mass is 9.86. The summed E-state index contributed by atoms with van der Waals surface area (Å²) in [6.07, 6.45) is 2.51. The van der Waals surface area contributed by atoms with Crippen molar-refractivity contribution in [3.8, 4) is 0 Å². The molecule has 1 rings (SSSR count). The van der Waals surface area contributed by atoms with Crippen molar-refractivity contribution in [3.63, 3.8) is 0 Å². The molecule has 21 heavy (non-hydrogen) atoms. The number of hydrogen-bond donors (Lipinski definition) is 2. The molecule has 0 spiro atoms. The van der Waals surface area contributed by atoms with Gasteiger partial charge in [-0.25, -0.2) is 4.79 Å². The Kier molecular flexibility index (Phi) is 6.45. The van der Waals surface area contributed by atoms with Crippen molar-refractivity contribution in [1.29, 1.82) is 0 Å². The summed E-state index contributed by atoms with van der Waals surface area (Å²) in [5, 5.41) is 11.8. The van der Waals surface area contributed by atoms with Gasteiger partial charge in [-0.3, -0.25) is 9.59 Å². The molecule has 0 atom stereocenters. The highest BCUT2D eigenvalue weighted by Crippen LogP contribution is 2.24.